The van der Waals surface area contributed by atoms with Crippen molar-refractivity contribution in [2.24, 2.45) is 5.73 Å². The monoisotopic (exact) mass is 176 g/mol. The van der Waals surface area contributed by atoms with Gasteiger partial charge in [0.25, 0.3) is 0 Å². The van der Waals surface area contributed by atoms with Crippen molar-refractivity contribution in [3.05, 3.63) is 30.2 Å². The number of nitrogens with two attached hydrogens (primary N) is 1. The van der Waals surface area contributed by atoms with Crippen LogP contribution in [0.3, 0.4) is 0 Å². The van der Waals surface area contributed by atoms with Crippen LogP contribution in [0, 0.1) is 0 Å². The Morgan fingerprint density at radius 3 is 3.23 bits per heavy atom. The average molecular weight is 176 g/mol. The quantitative estimate of drug-likeness (QED) is 0.647. The molecule has 66 valence electrons. The molecule has 0 fully saturated rings. The van der Waals surface area contributed by atoms with Crippen LogP contribution >= 0.6 is 0 Å². The number of hydrogen-bond acceptors (Lipinski definition) is 4. The first-order chi connectivity index (χ1) is 6.33. The van der Waals surface area contributed by atoms with E-state index < -0.39 is 0 Å². The van der Waals surface area contributed by atoms with E-state index in [4.69, 9.17) is 5.73 Å². The molecule has 0 spiro atoms. The number of nitrogens with zero attached hydrogens (tertiary/aromatic N) is 3. The second-order valence-corrected chi connectivity index (χ2v) is 2.58. The van der Waals surface area contributed by atoms with Gasteiger partial charge in [-0.2, -0.15) is 5.10 Å². The molecule has 2 rings (SSSR count). The van der Waals surface area contributed by atoms with Gasteiger partial charge in [-0.05, 0) is 12.1 Å². The van der Waals surface area contributed by atoms with E-state index in [2.05, 4.69) is 10.1 Å². The van der Waals surface area contributed by atoms with Crippen molar-refractivity contribution < 1.29 is 4.79 Å². The average Bonchev–Trinajstić information content (AvgIpc) is 2.63. The van der Waals surface area contributed by atoms with Crippen LogP contribution in [-0.2, 0) is 0 Å². The Kier molecular flexibility index (Phi) is 1.79. The number of aromatic nitrogens is 3. The summed E-state index contributed by atoms with van der Waals surface area (Å²) in [4.78, 5) is 15.3. The van der Waals surface area contributed by atoms with Crippen LogP contribution < -0.4 is 5.73 Å². The van der Waals surface area contributed by atoms with E-state index in [0.717, 1.165) is 0 Å². The summed E-state index contributed by atoms with van der Waals surface area (Å²) in [7, 11) is 0. The van der Waals surface area contributed by atoms with Gasteiger partial charge in [-0.1, -0.05) is 0 Å². The molecule has 0 bridgehead atoms. The van der Waals surface area contributed by atoms with Crippen molar-refractivity contribution in [1.82, 2.24) is 14.6 Å². The summed E-state index contributed by atoms with van der Waals surface area (Å²) in [6, 6.07) is 3.43. The number of pyridine rings is 1. The molecule has 0 atom stereocenters. The van der Waals surface area contributed by atoms with Crippen molar-refractivity contribution in [3.8, 4) is 0 Å². The van der Waals surface area contributed by atoms with Gasteiger partial charge in [0.05, 0.1) is 12.1 Å². The zero-order valence-corrected chi connectivity index (χ0v) is 6.84. The fourth-order valence-corrected chi connectivity index (χ4v) is 1.17. The summed E-state index contributed by atoms with van der Waals surface area (Å²) < 4.78 is 1.54. The van der Waals surface area contributed by atoms with Crippen molar-refractivity contribution >= 4 is 11.4 Å². The van der Waals surface area contributed by atoms with E-state index >= 15 is 0 Å². The number of fused-ring (bicyclic) bond motifs is 1. The third-order valence-electron chi connectivity index (χ3n) is 1.79. The van der Waals surface area contributed by atoms with E-state index in [0.29, 0.717) is 11.2 Å². The number of hydrogen-bond donors (Lipinski definition) is 1. The minimum atomic E-state index is -0.126. The smallest absolute Gasteiger partial charge is 0.180 e. The van der Waals surface area contributed by atoms with Gasteiger partial charge in [-0.15, -0.1) is 0 Å². The Morgan fingerprint density at radius 2 is 2.46 bits per heavy atom. The summed E-state index contributed by atoms with van der Waals surface area (Å²) in [6.07, 6.45) is 3.14. The maximum atomic E-state index is 11.3. The Morgan fingerprint density at radius 1 is 1.62 bits per heavy atom. The van der Waals surface area contributed by atoms with Crippen molar-refractivity contribution in [3.63, 3.8) is 0 Å². The Hall–Kier alpha value is -1.75. The van der Waals surface area contributed by atoms with Crippen molar-refractivity contribution in [1.29, 1.82) is 0 Å². The van der Waals surface area contributed by atoms with Gasteiger partial charge in [0.1, 0.15) is 6.33 Å². The molecule has 13 heavy (non-hydrogen) atoms. The van der Waals surface area contributed by atoms with Gasteiger partial charge < -0.3 is 5.73 Å². The zero-order chi connectivity index (χ0) is 9.26. The molecule has 0 aliphatic carbocycles. The van der Waals surface area contributed by atoms with Crippen LogP contribution in [0.4, 0.5) is 0 Å². The van der Waals surface area contributed by atoms with Gasteiger partial charge in [-0.25, -0.2) is 9.50 Å². The fourth-order valence-electron chi connectivity index (χ4n) is 1.17. The standard InChI is InChI=1S/C8H8N4O/c9-4-7(13)6-2-1-3-12-8(6)10-5-11-12/h1-3,5H,4,9H2. The normalized spacial score (nSPS) is 10.5. The predicted molar refractivity (Wildman–Crippen MR) is 46.4 cm³/mol. The highest BCUT2D eigenvalue weighted by atomic mass is 16.1. The molecule has 0 aliphatic rings. The molecular weight excluding hydrogens is 168 g/mol. The molecule has 5 nitrogen and oxygen atoms in total. The van der Waals surface area contributed by atoms with E-state index in [1.54, 1.807) is 22.8 Å². The maximum absolute atomic E-state index is 11.3. The summed E-state index contributed by atoms with van der Waals surface area (Å²) in [5.74, 6) is -0.126. The largest absolute Gasteiger partial charge is 0.324 e. The number of ketones is 1. The van der Waals surface area contributed by atoms with E-state index in [1.807, 2.05) is 0 Å². The molecular formula is C8H8N4O. The summed E-state index contributed by atoms with van der Waals surface area (Å²) in [5, 5.41) is 3.91. The fraction of sp³-hybridized carbons (Fsp3) is 0.125. The lowest BCUT2D eigenvalue weighted by Crippen LogP contribution is -2.14. The predicted octanol–water partition coefficient (Wildman–Crippen LogP) is -0.129. The maximum Gasteiger partial charge on any atom is 0.180 e. The minimum absolute atomic E-state index is 0.00741. The third-order valence-corrected chi connectivity index (χ3v) is 1.79. The summed E-state index contributed by atoms with van der Waals surface area (Å²) in [6.45, 7) is -0.00741. The molecule has 0 saturated carbocycles. The molecule has 0 amide bonds. The van der Waals surface area contributed by atoms with Crippen molar-refractivity contribution in [2.75, 3.05) is 6.54 Å². The lowest BCUT2D eigenvalue weighted by molar-refractivity contribution is 0.100. The topological polar surface area (TPSA) is 73.3 Å². The Balaban J connectivity index is 2.67. The molecule has 0 aliphatic heterocycles. The Labute approximate surface area is 74.2 Å². The highest BCUT2D eigenvalue weighted by Crippen LogP contribution is 2.06. The first kappa shape index (κ1) is 7.88. The van der Waals surface area contributed by atoms with Crippen LogP contribution in [0.5, 0.6) is 0 Å². The summed E-state index contributed by atoms with van der Waals surface area (Å²) >= 11 is 0. The molecule has 0 saturated heterocycles. The van der Waals surface area contributed by atoms with Crippen LogP contribution in [0.15, 0.2) is 24.7 Å². The van der Waals surface area contributed by atoms with E-state index in [9.17, 15) is 4.79 Å². The third kappa shape index (κ3) is 1.19. The number of rotatable bonds is 2. The van der Waals surface area contributed by atoms with Crippen LogP contribution in [0.25, 0.3) is 5.65 Å². The van der Waals surface area contributed by atoms with Crippen LogP contribution in [0.1, 0.15) is 10.4 Å². The molecule has 5 heteroatoms. The van der Waals surface area contributed by atoms with Gasteiger partial charge in [0.15, 0.2) is 11.4 Å². The molecule has 2 heterocycles. The Bertz CT molecular complexity index is 448. The van der Waals surface area contributed by atoms with Crippen LogP contribution in [-0.4, -0.2) is 26.9 Å². The van der Waals surface area contributed by atoms with Crippen LogP contribution in [0.2, 0.25) is 0 Å². The molecule has 2 aromatic rings. The SMILES string of the molecule is NCC(=O)c1cccn2ncnc12. The highest BCUT2D eigenvalue weighted by Gasteiger charge is 2.09. The molecule has 0 unspecified atom stereocenters. The molecule has 2 aromatic heterocycles. The number of carbonyl (C=O) groups is 1. The lowest BCUT2D eigenvalue weighted by Gasteiger charge is -1.98. The van der Waals surface area contributed by atoms with E-state index in [1.165, 1.54) is 6.33 Å². The van der Waals surface area contributed by atoms with Gasteiger partial charge >= 0.3 is 0 Å². The molecule has 2 N–H and O–H groups in total. The first-order valence-corrected chi connectivity index (χ1v) is 3.84. The minimum Gasteiger partial charge on any atom is -0.324 e. The lowest BCUT2D eigenvalue weighted by atomic mass is 10.2. The number of Topliss-reactive ketones (excluding diaryl/α,β-unsaturated/α-hetero) is 1. The first-order valence-electron chi connectivity index (χ1n) is 3.84. The van der Waals surface area contributed by atoms with Gasteiger partial charge in [0.2, 0.25) is 0 Å². The number of carbonyl (C=O) groups excluding carboxylic acids is 1. The highest BCUT2D eigenvalue weighted by molar-refractivity contribution is 6.02. The van der Waals surface area contributed by atoms with E-state index in [-0.39, 0.29) is 12.3 Å². The van der Waals surface area contributed by atoms with Crippen molar-refractivity contribution in [2.45, 2.75) is 0 Å². The molecule has 0 aromatic carbocycles. The molecule has 0 radical (unpaired) electrons. The second-order valence-electron chi connectivity index (χ2n) is 2.58. The van der Waals surface area contributed by atoms with Gasteiger partial charge in [-0.3, -0.25) is 4.79 Å². The zero-order valence-electron chi connectivity index (χ0n) is 6.84. The van der Waals surface area contributed by atoms with Gasteiger partial charge in [0, 0.05) is 6.20 Å². The summed E-state index contributed by atoms with van der Waals surface area (Å²) in [5.41, 5.74) is 6.33. The second kappa shape index (κ2) is 2.95.